The molecule has 2 heterocycles. The van der Waals surface area contributed by atoms with Crippen LogP contribution in [0.4, 0.5) is 5.69 Å². The summed E-state index contributed by atoms with van der Waals surface area (Å²) in [6, 6.07) is 26.0. The molecule has 1 saturated carbocycles. The van der Waals surface area contributed by atoms with E-state index in [4.69, 9.17) is 4.74 Å². The van der Waals surface area contributed by atoms with E-state index in [1.165, 1.54) is 59.9 Å². The monoisotopic (exact) mass is 408 g/mol. The van der Waals surface area contributed by atoms with Crippen LogP contribution < -0.4 is 10.1 Å². The molecule has 0 saturated heterocycles. The molecule has 2 aliphatic rings. The van der Waals surface area contributed by atoms with Gasteiger partial charge in [0.1, 0.15) is 12.4 Å². The summed E-state index contributed by atoms with van der Waals surface area (Å²) in [4.78, 5) is 3.53. The third kappa shape index (κ3) is 3.11. The summed E-state index contributed by atoms with van der Waals surface area (Å²) >= 11 is 0. The topological polar surface area (TPSA) is 37.0 Å². The van der Waals surface area contributed by atoms with Crippen LogP contribution in [0, 0.1) is 0 Å². The normalized spacial score (nSPS) is 19.3. The summed E-state index contributed by atoms with van der Waals surface area (Å²) in [7, 11) is 0. The number of aromatic nitrogens is 1. The fourth-order valence-electron chi connectivity index (χ4n) is 5.81. The number of rotatable bonds is 4. The van der Waals surface area contributed by atoms with Crippen LogP contribution in [0.2, 0.25) is 0 Å². The minimum atomic E-state index is 0.201. The molecule has 156 valence electrons. The Kier molecular flexibility index (Phi) is 4.48. The molecule has 1 fully saturated rings. The number of para-hydroxylation sites is 1. The second-order valence-electron chi connectivity index (χ2n) is 9.07. The summed E-state index contributed by atoms with van der Waals surface area (Å²) in [6.07, 6.45) is 8.70. The highest BCUT2D eigenvalue weighted by molar-refractivity contribution is 5.86. The molecule has 31 heavy (non-hydrogen) atoms. The van der Waals surface area contributed by atoms with Gasteiger partial charge in [0.2, 0.25) is 0 Å². The lowest BCUT2D eigenvalue weighted by molar-refractivity contribution is 0.271. The first kappa shape index (κ1) is 18.6. The Balaban J connectivity index is 1.33. The van der Waals surface area contributed by atoms with Gasteiger partial charge >= 0.3 is 0 Å². The van der Waals surface area contributed by atoms with Gasteiger partial charge in [-0.25, -0.2) is 0 Å². The predicted octanol–water partition coefficient (Wildman–Crippen LogP) is 7.12. The summed E-state index contributed by atoms with van der Waals surface area (Å²) in [5.41, 5.74) is 6.73. The first-order valence-electron chi connectivity index (χ1n) is 11.5. The predicted molar refractivity (Wildman–Crippen MR) is 127 cm³/mol. The van der Waals surface area contributed by atoms with Crippen LogP contribution >= 0.6 is 0 Å². The largest absolute Gasteiger partial charge is 0.489 e. The number of nitrogens with one attached hydrogen (secondary N) is 2. The molecule has 1 aromatic heterocycles. The van der Waals surface area contributed by atoms with E-state index in [0.29, 0.717) is 12.6 Å². The Labute approximate surface area is 183 Å². The van der Waals surface area contributed by atoms with E-state index in [-0.39, 0.29) is 5.41 Å². The number of ether oxygens (including phenoxy) is 1. The van der Waals surface area contributed by atoms with Crippen LogP contribution in [-0.2, 0) is 12.0 Å². The van der Waals surface area contributed by atoms with Gasteiger partial charge in [-0.15, -0.1) is 0 Å². The Bertz CT molecular complexity index is 1200. The van der Waals surface area contributed by atoms with Crippen molar-refractivity contribution in [3.63, 3.8) is 0 Å². The highest BCUT2D eigenvalue weighted by Gasteiger charge is 2.48. The standard InChI is InChI=1S/C28H28N2O/c1-3-9-20(10-4-1)19-31-21-13-14-22-23(18-29-26(22)17-21)27-28(15-7-2-8-16-28)24-11-5-6-12-25(24)30-27/h1,3-6,9-14,17-18,27,29-30H,2,7-8,15-16,19H2. The molecule has 0 bridgehead atoms. The molecule has 1 aliphatic heterocycles. The van der Waals surface area contributed by atoms with Crippen molar-refractivity contribution < 1.29 is 4.74 Å². The fraction of sp³-hybridized carbons (Fsp3) is 0.286. The average molecular weight is 409 g/mol. The molecule has 1 atom stereocenters. The van der Waals surface area contributed by atoms with Crippen molar-refractivity contribution in [3.8, 4) is 5.75 Å². The lowest BCUT2D eigenvalue weighted by Gasteiger charge is -2.39. The molecular weight excluding hydrogens is 380 g/mol. The van der Waals surface area contributed by atoms with E-state index in [1.807, 2.05) is 18.2 Å². The lowest BCUT2D eigenvalue weighted by Crippen LogP contribution is -2.34. The van der Waals surface area contributed by atoms with Crippen LogP contribution in [0.15, 0.2) is 79.0 Å². The van der Waals surface area contributed by atoms with Crippen molar-refractivity contribution in [1.82, 2.24) is 4.98 Å². The summed E-state index contributed by atoms with van der Waals surface area (Å²) in [5, 5.41) is 5.19. The smallest absolute Gasteiger partial charge is 0.121 e. The maximum Gasteiger partial charge on any atom is 0.121 e. The van der Waals surface area contributed by atoms with Gasteiger partial charge in [-0.2, -0.15) is 0 Å². The zero-order chi connectivity index (χ0) is 20.7. The quantitative estimate of drug-likeness (QED) is 0.377. The maximum absolute atomic E-state index is 6.06. The second kappa shape index (κ2) is 7.49. The maximum atomic E-state index is 6.06. The lowest BCUT2D eigenvalue weighted by atomic mass is 9.65. The zero-order valence-corrected chi connectivity index (χ0v) is 17.7. The summed E-state index contributed by atoms with van der Waals surface area (Å²) in [5.74, 6) is 0.903. The minimum absolute atomic E-state index is 0.201. The molecule has 6 rings (SSSR count). The molecule has 1 unspecified atom stereocenters. The van der Waals surface area contributed by atoms with Crippen LogP contribution in [0.25, 0.3) is 10.9 Å². The zero-order valence-electron chi connectivity index (χ0n) is 17.7. The first-order chi connectivity index (χ1) is 15.3. The van der Waals surface area contributed by atoms with Crippen molar-refractivity contribution in [2.24, 2.45) is 0 Å². The summed E-state index contributed by atoms with van der Waals surface area (Å²) < 4.78 is 6.06. The fourth-order valence-corrected chi connectivity index (χ4v) is 5.81. The highest BCUT2D eigenvalue weighted by atomic mass is 16.5. The van der Waals surface area contributed by atoms with Gasteiger partial charge < -0.3 is 15.0 Å². The van der Waals surface area contributed by atoms with Gasteiger partial charge in [-0.3, -0.25) is 0 Å². The van der Waals surface area contributed by atoms with E-state index >= 15 is 0 Å². The number of anilines is 1. The molecule has 4 aromatic rings. The number of hydrogen-bond donors (Lipinski definition) is 2. The van der Waals surface area contributed by atoms with Crippen LogP contribution in [0.1, 0.15) is 54.8 Å². The van der Waals surface area contributed by atoms with Crippen LogP contribution in [0.3, 0.4) is 0 Å². The number of hydrogen-bond acceptors (Lipinski definition) is 2. The minimum Gasteiger partial charge on any atom is -0.489 e. The van der Waals surface area contributed by atoms with Gasteiger partial charge in [0.05, 0.1) is 6.04 Å². The van der Waals surface area contributed by atoms with E-state index in [1.54, 1.807) is 0 Å². The number of H-pyrrole nitrogens is 1. The molecule has 1 spiro atoms. The Hall–Kier alpha value is -3.20. The molecule has 1 aliphatic carbocycles. The average Bonchev–Trinajstić information content (AvgIpc) is 3.38. The molecular formula is C28H28N2O. The second-order valence-corrected chi connectivity index (χ2v) is 9.07. The van der Waals surface area contributed by atoms with Gasteiger partial charge in [-0.05, 0) is 42.2 Å². The number of benzene rings is 3. The van der Waals surface area contributed by atoms with Crippen molar-refractivity contribution in [3.05, 3.63) is 95.7 Å². The van der Waals surface area contributed by atoms with E-state index in [0.717, 1.165) is 11.3 Å². The van der Waals surface area contributed by atoms with Crippen molar-refractivity contribution in [2.75, 3.05) is 5.32 Å². The van der Waals surface area contributed by atoms with Crippen molar-refractivity contribution in [1.29, 1.82) is 0 Å². The number of aromatic amines is 1. The van der Waals surface area contributed by atoms with Gasteiger partial charge in [0.25, 0.3) is 0 Å². The van der Waals surface area contributed by atoms with Crippen LogP contribution in [-0.4, -0.2) is 4.98 Å². The molecule has 2 N–H and O–H groups in total. The first-order valence-corrected chi connectivity index (χ1v) is 11.5. The van der Waals surface area contributed by atoms with Crippen molar-refractivity contribution >= 4 is 16.6 Å². The summed E-state index contributed by atoms with van der Waals surface area (Å²) in [6.45, 7) is 0.586. The molecule has 0 radical (unpaired) electrons. The van der Waals surface area contributed by atoms with Gasteiger partial charge in [0, 0.05) is 39.8 Å². The third-order valence-corrected chi connectivity index (χ3v) is 7.31. The highest BCUT2D eigenvalue weighted by Crippen LogP contribution is 2.56. The van der Waals surface area contributed by atoms with Gasteiger partial charge in [-0.1, -0.05) is 67.8 Å². The molecule has 0 amide bonds. The Morgan fingerprint density at radius 2 is 1.68 bits per heavy atom. The van der Waals surface area contributed by atoms with E-state index in [2.05, 4.69) is 71.1 Å². The molecule has 3 nitrogen and oxygen atoms in total. The van der Waals surface area contributed by atoms with E-state index < -0.39 is 0 Å². The Morgan fingerprint density at radius 3 is 2.55 bits per heavy atom. The SMILES string of the molecule is c1ccc(COc2ccc3c(C4Nc5ccccc5C45CCCCC5)c[nH]c3c2)cc1. The van der Waals surface area contributed by atoms with Crippen LogP contribution in [0.5, 0.6) is 5.75 Å². The third-order valence-electron chi connectivity index (χ3n) is 7.31. The molecule has 3 heteroatoms. The van der Waals surface area contributed by atoms with E-state index in [9.17, 15) is 0 Å². The van der Waals surface area contributed by atoms with Crippen molar-refractivity contribution in [2.45, 2.75) is 50.2 Å². The Morgan fingerprint density at radius 1 is 0.871 bits per heavy atom. The van der Waals surface area contributed by atoms with Gasteiger partial charge in [0.15, 0.2) is 0 Å². The number of fused-ring (bicyclic) bond motifs is 3. The molecule has 3 aromatic carbocycles.